The van der Waals surface area contributed by atoms with E-state index in [9.17, 15) is 0 Å². The first-order chi connectivity index (χ1) is 7.88. The summed E-state index contributed by atoms with van der Waals surface area (Å²) in [6.07, 6.45) is 2.97. The molecule has 0 aliphatic rings. The average molecular weight is 232 g/mol. The lowest BCUT2D eigenvalue weighted by Gasteiger charge is -1.96. The van der Waals surface area contributed by atoms with E-state index in [1.54, 1.807) is 11.3 Å². The van der Waals surface area contributed by atoms with Crippen molar-refractivity contribution in [2.24, 2.45) is 5.73 Å². The Bertz CT molecular complexity index is 423. The third kappa shape index (κ3) is 3.15. The monoisotopic (exact) mass is 232 g/mol. The number of benzene rings is 1. The zero-order chi connectivity index (χ0) is 11.2. The highest BCUT2D eigenvalue weighted by Crippen LogP contribution is 2.14. The van der Waals surface area contributed by atoms with Gasteiger partial charge in [-0.1, -0.05) is 30.3 Å². The van der Waals surface area contributed by atoms with Crippen LogP contribution in [0.15, 0.2) is 35.7 Å². The number of hydrogen-bond acceptors (Lipinski definition) is 3. The minimum Gasteiger partial charge on any atom is -0.330 e. The number of aryl methyl sites for hydroxylation is 1. The number of nitrogens with two attached hydrogens (primary N) is 1. The van der Waals surface area contributed by atoms with Crippen molar-refractivity contribution in [3.05, 3.63) is 52.0 Å². The molecule has 0 aliphatic heterocycles. The highest BCUT2D eigenvalue weighted by Gasteiger charge is 2.02. The summed E-state index contributed by atoms with van der Waals surface area (Å²) in [5.41, 5.74) is 7.97. The summed E-state index contributed by atoms with van der Waals surface area (Å²) in [5.74, 6) is 0. The molecule has 1 aromatic carbocycles. The Labute approximate surface area is 100 Å². The molecular formula is C13H16N2S. The summed E-state index contributed by atoms with van der Waals surface area (Å²) in [6.45, 7) is 0.744. The number of hydrogen-bond donors (Lipinski definition) is 1. The highest BCUT2D eigenvalue weighted by atomic mass is 32.1. The first-order valence-electron chi connectivity index (χ1n) is 5.56. The minimum absolute atomic E-state index is 0.744. The summed E-state index contributed by atoms with van der Waals surface area (Å²) in [7, 11) is 0. The second-order valence-electron chi connectivity index (χ2n) is 3.79. The Morgan fingerprint density at radius 3 is 2.75 bits per heavy atom. The SMILES string of the molecule is NCCCc1nc(Cc2ccccc2)cs1. The lowest BCUT2D eigenvalue weighted by molar-refractivity contribution is 0.821. The first kappa shape index (κ1) is 11.3. The molecule has 0 amide bonds. The Morgan fingerprint density at radius 1 is 1.19 bits per heavy atom. The predicted molar refractivity (Wildman–Crippen MR) is 68.7 cm³/mol. The maximum absolute atomic E-state index is 5.48. The molecule has 1 aromatic heterocycles. The maximum atomic E-state index is 5.48. The molecule has 0 unspecified atom stereocenters. The third-order valence-electron chi connectivity index (χ3n) is 2.42. The largest absolute Gasteiger partial charge is 0.330 e. The topological polar surface area (TPSA) is 38.9 Å². The van der Waals surface area contributed by atoms with Crippen LogP contribution in [0.3, 0.4) is 0 Å². The Hall–Kier alpha value is -1.19. The van der Waals surface area contributed by atoms with E-state index < -0.39 is 0 Å². The van der Waals surface area contributed by atoms with Gasteiger partial charge in [0, 0.05) is 18.2 Å². The number of thiazole rings is 1. The zero-order valence-electron chi connectivity index (χ0n) is 9.23. The number of rotatable bonds is 5. The van der Waals surface area contributed by atoms with Crippen LogP contribution in [0.25, 0.3) is 0 Å². The van der Waals surface area contributed by atoms with Gasteiger partial charge in [-0.25, -0.2) is 4.98 Å². The van der Waals surface area contributed by atoms with E-state index in [0.717, 1.165) is 25.8 Å². The van der Waals surface area contributed by atoms with E-state index in [2.05, 4.69) is 34.6 Å². The van der Waals surface area contributed by atoms with Crippen LogP contribution in [0, 0.1) is 0 Å². The lowest BCUT2D eigenvalue weighted by Crippen LogP contribution is -2.00. The van der Waals surface area contributed by atoms with E-state index in [1.165, 1.54) is 16.3 Å². The molecule has 3 heteroatoms. The molecule has 0 atom stereocenters. The Balaban J connectivity index is 1.97. The smallest absolute Gasteiger partial charge is 0.0928 e. The van der Waals surface area contributed by atoms with Gasteiger partial charge in [0.25, 0.3) is 0 Å². The van der Waals surface area contributed by atoms with Gasteiger partial charge < -0.3 is 5.73 Å². The van der Waals surface area contributed by atoms with Gasteiger partial charge >= 0.3 is 0 Å². The minimum atomic E-state index is 0.744. The molecule has 2 nitrogen and oxygen atoms in total. The zero-order valence-corrected chi connectivity index (χ0v) is 10.0. The van der Waals surface area contributed by atoms with Crippen molar-refractivity contribution < 1.29 is 0 Å². The molecule has 0 saturated carbocycles. The van der Waals surface area contributed by atoms with Gasteiger partial charge in [0.15, 0.2) is 0 Å². The standard InChI is InChI=1S/C13H16N2S/c14-8-4-7-13-15-12(10-16-13)9-11-5-2-1-3-6-11/h1-3,5-6,10H,4,7-9,14H2. The normalized spacial score (nSPS) is 10.6. The van der Waals surface area contributed by atoms with Crippen molar-refractivity contribution >= 4 is 11.3 Å². The summed E-state index contributed by atoms with van der Waals surface area (Å²) in [6, 6.07) is 10.4. The van der Waals surface area contributed by atoms with Crippen molar-refractivity contribution in [1.29, 1.82) is 0 Å². The lowest BCUT2D eigenvalue weighted by atomic mass is 10.1. The van der Waals surface area contributed by atoms with E-state index >= 15 is 0 Å². The number of nitrogens with zero attached hydrogens (tertiary/aromatic N) is 1. The maximum Gasteiger partial charge on any atom is 0.0928 e. The van der Waals surface area contributed by atoms with Crippen LogP contribution >= 0.6 is 11.3 Å². The van der Waals surface area contributed by atoms with Gasteiger partial charge in [0.2, 0.25) is 0 Å². The molecule has 0 bridgehead atoms. The predicted octanol–water partition coefficient (Wildman–Crippen LogP) is 2.63. The van der Waals surface area contributed by atoms with Crippen LogP contribution in [-0.4, -0.2) is 11.5 Å². The van der Waals surface area contributed by atoms with E-state index in [0.29, 0.717) is 0 Å². The van der Waals surface area contributed by atoms with Gasteiger partial charge in [0.1, 0.15) is 0 Å². The Morgan fingerprint density at radius 2 is 2.00 bits per heavy atom. The molecule has 2 N–H and O–H groups in total. The molecule has 2 aromatic rings. The van der Waals surface area contributed by atoms with Crippen LogP contribution in [0.5, 0.6) is 0 Å². The van der Waals surface area contributed by atoms with Crippen LogP contribution in [0.4, 0.5) is 0 Å². The first-order valence-corrected chi connectivity index (χ1v) is 6.43. The Kier molecular flexibility index (Phi) is 4.08. The molecule has 0 saturated heterocycles. The molecule has 1 heterocycles. The van der Waals surface area contributed by atoms with Crippen molar-refractivity contribution in [2.45, 2.75) is 19.3 Å². The van der Waals surface area contributed by atoms with E-state index in [-0.39, 0.29) is 0 Å². The molecule has 0 aliphatic carbocycles. The average Bonchev–Trinajstić information content (AvgIpc) is 2.75. The molecule has 16 heavy (non-hydrogen) atoms. The summed E-state index contributed by atoms with van der Waals surface area (Å²) < 4.78 is 0. The fourth-order valence-electron chi connectivity index (χ4n) is 1.60. The molecule has 84 valence electrons. The van der Waals surface area contributed by atoms with Crippen molar-refractivity contribution in [1.82, 2.24) is 4.98 Å². The van der Waals surface area contributed by atoms with Crippen LogP contribution in [-0.2, 0) is 12.8 Å². The molecule has 0 radical (unpaired) electrons. The van der Waals surface area contributed by atoms with Crippen LogP contribution < -0.4 is 5.73 Å². The summed E-state index contributed by atoms with van der Waals surface area (Å²) in [4.78, 5) is 4.61. The van der Waals surface area contributed by atoms with Crippen molar-refractivity contribution in [2.75, 3.05) is 6.54 Å². The van der Waals surface area contributed by atoms with E-state index in [1.807, 2.05) is 6.07 Å². The molecule has 2 rings (SSSR count). The fraction of sp³-hybridized carbons (Fsp3) is 0.308. The third-order valence-corrected chi connectivity index (χ3v) is 3.38. The molecular weight excluding hydrogens is 216 g/mol. The number of aromatic nitrogens is 1. The fourth-order valence-corrected chi connectivity index (χ4v) is 2.44. The summed E-state index contributed by atoms with van der Waals surface area (Å²) in [5, 5.41) is 3.36. The van der Waals surface area contributed by atoms with Gasteiger partial charge in [-0.05, 0) is 18.5 Å². The molecule has 0 spiro atoms. The van der Waals surface area contributed by atoms with Crippen LogP contribution in [0.1, 0.15) is 22.7 Å². The quantitative estimate of drug-likeness (QED) is 0.860. The molecule has 0 fully saturated rings. The van der Waals surface area contributed by atoms with Crippen LogP contribution in [0.2, 0.25) is 0 Å². The second kappa shape index (κ2) is 5.77. The van der Waals surface area contributed by atoms with Crippen molar-refractivity contribution in [3.8, 4) is 0 Å². The van der Waals surface area contributed by atoms with Gasteiger partial charge in [0.05, 0.1) is 10.7 Å². The van der Waals surface area contributed by atoms with E-state index in [4.69, 9.17) is 5.73 Å². The van der Waals surface area contributed by atoms with Crippen molar-refractivity contribution in [3.63, 3.8) is 0 Å². The summed E-state index contributed by atoms with van der Waals surface area (Å²) >= 11 is 1.74. The van der Waals surface area contributed by atoms with Gasteiger partial charge in [-0.3, -0.25) is 0 Å². The van der Waals surface area contributed by atoms with Gasteiger partial charge in [-0.2, -0.15) is 0 Å². The second-order valence-corrected chi connectivity index (χ2v) is 4.73. The highest BCUT2D eigenvalue weighted by molar-refractivity contribution is 7.09. The van der Waals surface area contributed by atoms with Gasteiger partial charge in [-0.15, -0.1) is 11.3 Å².